The SMILES string of the molecule is CNCCCC(c1ccc(F)cc1)N1CCC(c2ccccc2)CC1. The van der Waals surface area contributed by atoms with E-state index >= 15 is 0 Å². The Morgan fingerprint density at radius 3 is 2.36 bits per heavy atom. The van der Waals surface area contributed by atoms with E-state index in [-0.39, 0.29) is 5.82 Å². The van der Waals surface area contributed by atoms with E-state index in [4.69, 9.17) is 0 Å². The predicted octanol–water partition coefficient (Wildman–Crippen LogP) is 4.75. The second kappa shape index (κ2) is 9.12. The first-order valence-electron chi connectivity index (χ1n) is 9.47. The van der Waals surface area contributed by atoms with Crippen molar-refractivity contribution in [3.05, 3.63) is 71.5 Å². The maximum absolute atomic E-state index is 13.3. The van der Waals surface area contributed by atoms with E-state index in [0.29, 0.717) is 12.0 Å². The van der Waals surface area contributed by atoms with Crippen LogP contribution in [-0.4, -0.2) is 31.6 Å². The average Bonchev–Trinajstić information content (AvgIpc) is 2.67. The molecule has 1 heterocycles. The van der Waals surface area contributed by atoms with Crippen molar-refractivity contribution in [3.63, 3.8) is 0 Å². The van der Waals surface area contributed by atoms with Crippen LogP contribution in [-0.2, 0) is 0 Å². The number of piperidine rings is 1. The summed E-state index contributed by atoms with van der Waals surface area (Å²) in [7, 11) is 2.00. The van der Waals surface area contributed by atoms with Crippen molar-refractivity contribution < 1.29 is 4.39 Å². The Morgan fingerprint density at radius 1 is 1.04 bits per heavy atom. The van der Waals surface area contributed by atoms with Crippen LogP contribution in [0.2, 0.25) is 0 Å². The van der Waals surface area contributed by atoms with Gasteiger partial charge in [-0.15, -0.1) is 0 Å². The molecule has 1 N–H and O–H groups in total. The third-order valence-corrected chi connectivity index (χ3v) is 5.40. The highest BCUT2D eigenvalue weighted by Gasteiger charge is 2.26. The first-order chi connectivity index (χ1) is 12.3. The van der Waals surface area contributed by atoms with Gasteiger partial charge in [0.1, 0.15) is 5.82 Å². The smallest absolute Gasteiger partial charge is 0.123 e. The quantitative estimate of drug-likeness (QED) is 0.732. The van der Waals surface area contributed by atoms with Gasteiger partial charge < -0.3 is 5.32 Å². The number of benzene rings is 2. The fraction of sp³-hybridized carbons (Fsp3) is 0.455. The van der Waals surface area contributed by atoms with Crippen LogP contribution in [0.3, 0.4) is 0 Å². The molecule has 0 radical (unpaired) electrons. The molecule has 1 aliphatic rings. The van der Waals surface area contributed by atoms with Crippen molar-refractivity contribution in [1.29, 1.82) is 0 Å². The number of nitrogens with zero attached hydrogens (tertiary/aromatic N) is 1. The molecule has 2 aromatic rings. The Morgan fingerprint density at radius 2 is 1.72 bits per heavy atom. The summed E-state index contributed by atoms with van der Waals surface area (Å²) in [5.41, 5.74) is 2.71. The van der Waals surface area contributed by atoms with Gasteiger partial charge in [0, 0.05) is 6.04 Å². The van der Waals surface area contributed by atoms with E-state index in [9.17, 15) is 4.39 Å². The number of likely N-dealkylation sites (tertiary alicyclic amines) is 1. The van der Waals surface area contributed by atoms with E-state index in [2.05, 4.69) is 40.5 Å². The van der Waals surface area contributed by atoms with Crippen molar-refractivity contribution in [2.45, 2.75) is 37.6 Å². The number of hydrogen-bond donors (Lipinski definition) is 1. The van der Waals surface area contributed by atoms with Gasteiger partial charge in [-0.3, -0.25) is 4.90 Å². The summed E-state index contributed by atoms with van der Waals surface area (Å²) in [4.78, 5) is 2.60. The topological polar surface area (TPSA) is 15.3 Å². The first-order valence-corrected chi connectivity index (χ1v) is 9.47. The molecule has 0 amide bonds. The number of rotatable bonds is 7. The Hall–Kier alpha value is -1.71. The van der Waals surface area contributed by atoms with Crippen LogP contribution in [0.1, 0.15) is 48.8 Å². The molecular formula is C22H29FN2. The lowest BCUT2D eigenvalue weighted by atomic mass is 9.87. The van der Waals surface area contributed by atoms with Crippen LogP contribution in [0.25, 0.3) is 0 Å². The lowest BCUT2D eigenvalue weighted by Crippen LogP contribution is -2.36. The van der Waals surface area contributed by atoms with E-state index in [0.717, 1.165) is 32.5 Å². The standard InChI is InChI=1S/C22H29FN2/c1-24-15-5-8-22(20-9-11-21(23)12-10-20)25-16-13-19(14-17-25)18-6-3-2-4-7-18/h2-4,6-7,9-12,19,22,24H,5,8,13-17H2,1H3. The van der Waals surface area contributed by atoms with Gasteiger partial charge in [-0.25, -0.2) is 4.39 Å². The van der Waals surface area contributed by atoms with Crippen LogP contribution in [0, 0.1) is 5.82 Å². The zero-order chi connectivity index (χ0) is 17.5. The fourth-order valence-corrected chi connectivity index (χ4v) is 3.99. The van der Waals surface area contributed by atoms with Gasteiger partial charge in [0.15, 0.2) is 0 Å². The van der Waals surface area contributed by atoms with E-state index in [1.54, 1.807) is 12.1 Å². The largest absolute Gasteiger partial charge is 0.320 e. The van der Waals surface area contributed by atoms with Crippen molar-refractivity contribution in [1.82, 2.24) is 10.2 Å². The minimum atomic E-state index is -0.152. The molecule has 0 saturated carbocycles. The van der Waals surface area contributed by atoms with Gasteiger partial charge in [0.2, 0.25) is 0 Å². The highest BCUT2D eigenvalue weighted by Crippen LogP contribution is 2.34. The maximum atomic E-state index is 13.3. The molecule has 0 bridgehead atoms. The Kier molecular flexibility index (Phi) is 6.60. The molecule has 1 aliphatic heterocycles. The van der Waals surface area contributed by atoms with Crippen LogP contribution >= 0.6 is 0 Å². The first kappa shape index (κ1) is 18.1. The second-order valence-corrected chi connectivity index (χ2v) is 7.03. The number of nitrogens with one attached hydrogen (secondary N) is 1. The van der Waals surface area contributed by atoms with Gasteiger partial charge in [-0.2, -0.15) is 0 Å². The number of hydrogen-bond acceptors (Lipinski definition) is 2. The minimum absolute atomic E-state index is 0.152. The summed E-state index contributed by atoms with van der Waals surface area (Å²) in [6, 6.07) is 18.4. The molecule has 2 aromatic carbocycles. The van der Waals surface area contributed by atoms with E-state index < -0.39 is 0 Å². The molecule has 1 unspecified atom stereocenters. The minimum Gasteiger partial charge on any atom is -0.320 e. The van der Waals surface area contributed by atoms with E-state index in [1.807, 2.05) is 19.2 Å². The lowest BCUT2D eigenvalue weighted by Gasteiger charge is -2.38. The summed E-state index contributed by atoms with van der Waals surface area (Å²) >= 11 is 0. The maximum Gasteiger partial charge on any atom is 0.123 e. The lowest BCUT2D eigenvalue weighted by molar-refractivity contribution is 0.143. The van der Waals surface area contributed by atoms with Gasteiger partial charge in [-0.05, 0) is 81.5 Å². The monoisotopic (exact) mass is 340 g/mol. The van der Waals surface area contributed by atoms with Crippen LogP contribution in [0.5, 0.6) is 0 Å². The summed E-state index contributed by atoms with van der Waals surface area (Å²) in [6.45, 7) is 3.25. The van der Waals surface area contributed by atoms with E-state index in [1.165, 1.54) is 24.0 Å². The molecule has 0 spiro atoms. The molecule has 134 valence electrons. The van der Waals surface area contributed by atoms with Crippen molar-refractivity contribution in [3.8, 4) is 0 Å². The summed E-state index contributed by atoms with van der Waals surface area (Å²) in [5, 5.41) is 3.24. The molecule has 25 heavy (non-hydrogen) atoms. The fourth-order valence-electron chi connectivity index (χ4n) is 3.99. The second-order valence-electron chi connectivity index (χ2n) is 7.03. The summed E-state index contributed by atoms with van der Waals surface area (Å²) < 4.78 is 13.3. The predicted molar refractivity (Wildman–Crippen MR) is 102 cm³/mol. The van der Waals surface area contributed by atoms with Crippen LogP contribution in [0.15, 0.2) is 54.6 Å². The zero-order valence-electron chi connectivity index (χ0n) is 15.1. The van der Waals surface area contributed by atoms with Crippen molar-refractivity contribution >= 4 is 0 Å². The molecule has 3 rings (SSSR count). The van der Waals surface area contributed by atoms with Crippen LogP contribution in [0.4, 0.5) is 4.39 Å². The Bertz CT molecular complexity index is 618. The Labute approximate surface area is 151 Å². The molecule has 1 atom stereocenters. The summed E-state index contributed by atoms with van der Waals surface area (Å²) in [5.74, 6) is 0.518. The molecular weight excluding hydrogens is 311 g/mol. The highest BCUT2D eigenvalue weighted by atomic mass is 19.1. The molecule has 1 saturated heterocycles. The highest BCUT2D eigenvalue weighted by molar-refractivity contribution is 5.22. The van der Waals surface area contributed by atoms with Gasteiger partial charge in [-0.1, -0.05) is 42.5 Å². The molecule has 1 fully saturated rings. The third-order valence-electron chi connectivity index (χ3n) is 5.40. The average molecular weight is 340 g/mol. The third kappa shape index (κ3) is 4.90. The molecule has 0 aliphatic carbocycles. The Balaban J connectivity index is 1.66. The zero-order valence-corrected chi connectivity index (χ0v) is 15.1. The molecule has 2 nitrogen and oxygen atoms in total. The van der Waals surface area contributed by atoms with Crippen molar-refractivity contribution in [2.24, 2.45) is 0 Å². The molecule has 3 heteroatoms. The normalized spacial score (nSPS) is 17.5. The summed E-state index contributed by atoms with van der Waals surface area (Å²) in [6.07, 6.45) is 4.65. The van der Waals surface area contributed by atoms with Crippen molar-refractivity contribution in [2.75, 3.05) is 26.7 Å². The van der Waals surface area contributed by atoms with Crippen LogP contribution < -0.4 is 5.32 Å². The van der Waals surface area contributed by atoms with Gasteiger partial charge >= 0.3 is 0 Å². The van der Waals surface area contributed by atoms with Gasteiger partial charge in [0.25, 0.3) is 0 Å². The number of halogens is 1. The molecule has 0 aromatic heterocycles. The van der Waals surface area contributed by atoms with Gasteiger partial charge in [0.05, 0.1) is 0 Å².